The summed E-state index contributed by atoms with van der Waals surface area (Å²) in [5, 5.41) is 17.1. The van der Waals surface area contributed by atoms with Gasteiger partial charge in [-0.05, 0) is 48.5 Å². The van der Waals surface area contributed by atoms with Crippen LogP contribution in [0.3, 0.4) is 0 Å². The number of para-hydroxylation sites is 2. The molecule has 3 aromatic heterocycles. The van der Waals surface area contributed by atoms with E-state index in [2.05, 4.69) is 15.1 Å². The van der Waals surface area contributed by atoms with Gasteiger partial charge in [0.15, 0.2) is 17.3 Å². The Hall–Kier alpha value is -5.55. The van der Waals surface area contributed by atoms with Crippen LogP contribution in [-0.4, -0.2) is 32.9 Å². The van der Waals surface area contributed by atoms with E-state index in [1.807, 2.05) is 0 Å². The van der Waals surface area contributed by atoms with Crippen LogP contribution in [-0.2, 0) is 0 Å². The van der Waals surface area contributed by atoms with Gasteiger partial charge in [-0.1, -0.05) is 29.8 Å². The fraction of sp³-hybridized carbons (Fsp3) is 0.0345. The predicted molar refractivity (Wildman–Crippen MR) is 153 cm³/mol. The van der Waals surface area contributed by atoms with Crippen LogP contribution in [0.5, 0.6) is 17.4 Å². The molecule has 6 rings (SSSR count). The van der Waals surface area contributed by atoms with Crippen molar-refractivity contribution >= 4 is 45.4 Å². The van der Waals surface area contributed by atoms with Crippen molar-refractivity contribution in [2.75, 3.05) is 7.11 Å². The summed E-state index contributed by atoms with van der Waals surface area (Å²) in [6.45, 7) is 0. The standard InChI is InChI=1S/C29H18ClN5O6/c1-39-24-8-4-5-17(27(24)41-26-12-10-20(16-31-26)35(37)38)15-32-34-28(33-22-7-3-2-6-21(22)29(34)36)25-14-18-13-19(30)9-11-23(18)40-25/h2-16H,1H3. The van der Waals surface area contributed by atoms with Crippen molar-refractivity contribution in [1.82, 2.24) is 14.6 Å². The highest BCUT2D eigenvalue weighted by Crippen LogP contribution is 2.34. The van der Waals surface area contributed by atoms with Crippen molar-refractivity contribution in [1.29, 1.82) is 0 Å². The molecule has 41 heavy (non-hydrogen) atoms. The molecule has 0 bridgehead atoms. The molecule has 11 nitrogen and oxygen atoms in total. The van der Waals surface area contributed by atoms with Crippen LogP contribution in [0.4, 0.5) is 5.69 Å². The molecule has 3 aromatic carbocycles. The Morgan fingerprint density at radius 2 is 1.93 bits per heavy atom. The molecule has 0 fully saturated rings. The largest absolute Gasteiger partial charge is 0.493 e. The van der Waals surface area contributed by atoms with Gasteiger partial charge in [0.2, 0.25) is 11.7 Å². The molecule has 0 radical (unpaired) electrons. The summed E-state index contributed by atoms with van der Waals surface area (Å²) < 4.78 is 18.6. The van der Waals surface area contributed by atoms with E-state index >= 15 is 0 Å². The van der Waals surface area contributed by atoms with Gasteiger partial charge in [0, 0.05) is 28.1 Å². The SMILES string of the molecule is COc1cccc(C=Nn2c(-c3cc4cc(Cl)ccc4o3)nc3ccccc3c2=O)c1Oc1ccc([N+](=O)[O-])cn1. The van der Waals surface area contributed by atoms with E-state index in [4.69, 9.17) is 25.5 Å². The van der Waals surface area contributed by atoms with Crippen LogP contribution in [0, 0.1) is 10.1 Å². The zero-order valence-corrected chi connectivity index (χ0v) is 22.0. The van der Waals surface area contributed by atoms with Crippen LogP contribution >= 0.6 is 11.6 Å². The van der Waals surface area contributed by atoms with Gasteiger partial charge in [-0.15, -0.1) is 0 Å². The molecule has 0 aliphatic carbocycles. The van der Waals surface area contributed by atoms with Crippen molar-refractivity contribution < 1.29 is 18.8 Å². The van der Waals surface area contributed by atoms with Crippen molar-refractivity contribution in [3.05, 3.63) is 116 Å². The van der Waals surface area contributed by atoms with E-state index in [0.29, 0.717) is 38.6 Å². The molecule has 0 saturated carbocycles. The number of ether oxygens (including phenoxy) is 2. The number of aromatic nitrogens is 3. The van der Waals surface area contributed by atoms with Crippen LogP contribution < -0.4 is 15.0 Å². The molecule has 0 aliphatic rings. The Labute approximate surface area is 236 Å². The van der Waals surface area contributed by atoms with E-state index in [0.717, 1.165) is 16.3 Å². The number of furan rings is 1. The molecule has 0 N–H and O–H groups in total. The molecular weight excluding hydrogens is 550 g/mol. The first kappa shape index (κ1) is 25.7. The fourth-order valence-electron chi connectivity index (χ4n) is 4.18. The topological polar surface area (TPSA) is 135 Å². The van der Waals surface area contributed by atoms with E-state index < -0.39 is 10.5 Å². The van der Waals surface area contributed by atoms with Crippen LogP contribution in [0.1, 0.15) is 5.56 Å². The lowest BCUT2D eigenvalue weighted by Gasteiger charge is -2.12. The van der Waals surface area contributed by atoms with Crippen LogP contribution in [0.15, 0.2) is 99.4 Å². The summed E-state index contributed by atoms with van der Waals surface area (Å²) in [4.78, 5) is 32.8. The highest BCUT2D eigenvalue weighted by Gasteiger charge is 2.18. The normalized spacial score (nSPS) is 11.4. The molecule has 0 saturated heterocycles. The van der Waals surface area contributed by atoms with Gasteiger partial charge in [-0.3, -0.25) is 14.9 Å². The number of pyridine rings is 1. The second kappa shape index (κ2) is 10.5. The number of benzene rings is 3. The highest BCUT2D eigenvalue weighted by molar-refractivity contribution is 6.31. The van der Waals surface area contributed by atoms with Gasteiger partial charge >= 0.3 is 0 Å². The maximum absolute atomic E-state index is 13.6. The first-order valence-corrected chi connectivity index (χ1v) is 12.5. The first-order valence-electron chi connectivity index (χ1n) is 12.1. The average Bonchev–Trinajstić information content (AvgIpc) is 3.40. The summed E-state index contributed by atoms with van der Waals surface area (Å²) in [6, 6.07) is 21.6. The summed E-state index contributed by atoms with van der Waals surface area (Å²) in [7, 11) is 1.47. The zero-order valence-electron chi connectivity index (χ0n) is 21.2. The molecule has 3 heterocycles. The number of nitro groups is 1. The highest BCUT2D eigenvalue weighted by atomic mass is 35.5. The summed E-state index contributed by atoms with van der Waals surface area (Å²) in [6.07, 6.45) is 2.51. The molecule has 0 atom stereocenters. The lowest BCUT2D eigenvalue weighted by atomic mass is 10.2. The van der Waals surface area contributed by atoms with Crippen LogP contribution in [0.2, 0.25) is 5.02 Å². The minimum atomic E-state index is -0.554. The second-order valence-corrected chi connectivity index (χ2v) is 9.14. The lowest BCUT2D eigenvalue weighted by molar-refractivity contribution is -0.385. The Morgan fingerprint density at radius 3 is 2.71 bits per heavy atom. The molecule has 12 heteroatoms. The Morgan fingerprint density at radius 1 is 1.07 bits per heavy atom. The van der Waals surface area contributed by atoms with E-state index in [1.165, 1.54) is 25.5 Å². The molecule has 202 valence electrons. The van der Waals surface area contributed by atoms with Gasteiger partial charge < -0.3 is 13.9 Å². The number of hydrogen-bond acceptors (Lipinski definition) is 9. The smallest absolute Gasteiger partial charge is 0.287 e. The van der Waals surface area contributed by atoms with Crippen LogP contribution in [0.25, 0.3) is 33.5 Å². The van der Waals surface area contributed by atoms with Crippen molar-refractivity contribution in [3.8, 4) is 29.0 Å². The fourth-order valence-corrected chi connectivity index (χ4v) is 4.37. The summed E-state index contributed by atoms with van der Waals surface area (Å²) in [5.41, 5.74) is 0.894. The Kier molecular flexibility index (Phi) is 6.62. The number of hydrogen-bond donors (Lipinski definition) is 0. The third kappa shape index (κ3) is 4.97. The molecule has 0 amide bonds. The maximum atomic E-state index is 13.6. The Balaban J connectivity index is 1.47. The predicted octanol–water partition coefficient (Wildman–Crippen LogP) is 6.45. The summed E-state index contributed by atoms with van der Waals surface area (Å²) >= 11 is 6.15. The van der Waals surface area contributed by atoms with Crippen molar-refractivity contribution in [2.45, 2.75) is 0 Å². The van der Waals surface area contributed by atoms with Gasteiger partial charge in [-0.2, -0.15) is 9.78 Å². The lowest BCUT2D eigenvalue weighted by Crippen LogP contribution is -2.20. The minimum Gasteiger partial charge on any atom is -0.493 e. The molecule has 0 aliphatic heterocycles. The molecular formula is C29H18ClN5O6. The van der Waals surface area contributed by atoms with Crippen molar-refractivity contribution in [3.63, 3.8) is 0 Å². The van der Waals surface area contributed by atoms with Gasteiger partial charge in [0.25, 0.3) is 11.2 Å². The number of methoxy groups -OCH3 is 1. The maximum Gasteiger partial charge on any atom is 0.287 e. The van der Waals surface area contributed by atoms with E-state index in [-0.39, 0.29) is 23.1 Å². The molecule has 0 spiro atoms. The summed E-state index contributed by atoms with van der Waals surface area (Å²) in [5.74, 6) is 1.19. The molecule has 6 aromatic rings. The third-order valence-electron chi connectivity index (χ3n) is 6.13. The number of fused-ring (bicyclic) bond motifs is 2. The van der Waals surface area contributed by atoms with Gasteiger partial charge in [0.05, 0.1) is 29.2 Å². The monoisotopic (exact) mass is 567 g/mol. The number of halogens is 1. The van der Waals surface area contributed by atoms with Crippen molar-refractivity contribution in [2.24, 2.45) is 5.10 Å². The number of rotatable bonds is 7. The van der Waals surface area contributed by atoms with Gasteiger partial charge in [0.1, 0.15) is 11.8 Å². The zero-order chi connectivity index (χ0) is 28.5. The third-order valence-corrected chi connectivity index (χ3v) is 6.37. The minimum absolute atomic E-state index is 0.0981. The number of nitrogens with zero attached hydrogens (tertiary/aromatic N) is 5. The second-order valence-electron chi connectivity index (χ2n) is 8.70. The van der Waals surface area contributed by atoms with E-state index in [1.54, 1.807) is 66.7 Å². The average molecular weight is 568 g/mol. The van der Waals surface area contributed by atoms with Gasteiger partial charge in [-0.25, -0.2) is 9.97 Å². The Bertz CT molecular complexity index is 2030. The quantitative estimate of drug-likeness (QED) is 0.122. The first-order chi connectivity index (χ1) is 19.9. The molecule has 0 unspecified atom stereocenters. The van der Waals surface area contributed by atoms with E-state index in [9.17, 15) is 14.9 Å².